The van der Waals surface area contributed by atoms with E-state index in [1.165, 1.54) is 0 Å². The lowest BCUT2D eigenvalue weighted by molar-refractivity contribution is -0.142. The second kappa shape index (κ2) is 8.52. The Morgan fingerprint density at radius 1 is 1.29 bits per heavy atom. The van der Waals surface area contributed by atoms with Crippen molar-refractivity contribution < 1.29 is 19.4 Å². The van der Waals surface area contributed by atoms with Crippen LogP contribution in [0.15, 0.2) is 18.2 Å². The highest BCUT2D eigenvalue weighted by molar-refractivity contribution is 5.70. The van der Waals surface area contributed by atoms with E-state index >= 15 is 0 Å². The van der Waals surface area contributed by atoms with Gasteiger partial charge in [-0.25, -0.2) is 0 Å². The van der Waals surface area contributed by atoms with Gasteiger partial charge in [0.1, 0.15) is 11.5 Å². The van der Waals surface area contributed by atoms with Crippen LogP contribution in [0.1, 0.15) is 25.8 Å². The van der Waals surface area contributed by atoms with E-state index in [9.17, 15) is 9.90 Å². The van der Waals surface area contributed by atoms with Crippen LogP contribution in [0.5, 0.6) is 11.5 Å². The molecule has 21 heavy (non-hydrogen) atoms. The van der Waals surface area contributed by atoms with Gasteiger partial charge < -0.3 is 19.9 Å². The summed E-state index contributed by atoms with van der Waals surface area (Å²) < 4.78 is 10.5. The Bertz CT molecular complexity index is 460. The fourth-order valence-corrected chi connectivity index (χ4v) is 2.24. The molecule has 118 valence electrons. The van der Waals surface area contributed by atoms with E-state index in [0.717, 1.165) is 17.1 Å². The van der Waals surface area contributed by atoms with E-state index in [1.54, 1.807) is 14.2 Å². The van der Waals surface area contributed by atoms with Gasteiger partial charge in [0.25, 0.3) is 0 Å². The first kappa shape index (κ1) is 17.3. The van der Waals surface area contributed by atoms with Crippen molar-refractivity contribution in [2.45, 2.75) is 26.8 Å². The monoisotopic (exact) mass is 295 g/mol. The average molecular weight is 295 g/mol. The van der Waals surface area contributed by atoms with Gasteiger partial charge in [0.2, 0.25) is 0 Å². The summed E-state index contributed by atoms with van der Waals surface area (Å²) in [7, 11) is 3.23. The molecular weight excluding hydrogens is 270 g/mol. The number of hydrogen-bond acceptors (Lipinski definition) is 4. The van der Waals surface area contributed by atoms with Crippen molar-refractivity contribution in [3.05, 3.63) is 23.8 Å². The van der Waals surface area contributed by atoms with Gasteiger partial charge in [0.15, 0.2) is 0 Å². The number of benzene rings is 1. The molecule has 0 saturated carbocycles. The molecule has 1 aromatic carbocycles. The average Bonchev–Trinajstić information content (AvgIpc) is 2.45. The Labute approximate surface area is 126 Å². The fourth-order valence-electron chi connectivity index (χ4n) is 2.24. The second-order valence-corrected chi connectivity index (χ2v) is 5.47. The molecule has 5 heteroatoms. The Morgan fingerprint density at radius 2 is 2.00 bits per heavy atom. The van der Waals surface area contributed by atoms with Crippen LogP contribution in [0.4, 0.5) is 0 Å². The summed E-state index contributed by atoms with van der Waals surface area (Å²) in [4.78, 5) is 11.2. The quantitative estimate of drug-likeness (QED) is 0.733. The van der Waals surface area contributed by atoms with Crippen LogP contribution in [0.3, 0.4) is 0 Å². The van der Waals surface area contributed by atoms with Gasteiger partial charge in [-0.3, -0.25) is 4.79 Å². The molecule has 0 aliphatic heterocycles. The van der Waals surface area contributed by atoms with Crippen LogP contribution in [0.25, 0.3) is 0 Å². The summed E-state index contributed by atoms with van der Waals surface area (Å²) in [5.74, 6) is 0.748. The van der Waals surface area contributed by atoms with Crippen LogP contribution >= 0.6 is 0 Å². The number of methoxy groups -OCH3 is 2. The Hall–Kier alpha value is -1.75. The number of rotatable bonds is 9. The first-order chi connectivity index (χ1) is 9.97. The van der Waals surface area contributed by atoms with Crippen molar-refractivity contribution in [1.82, 2.24) is 5.32 Å². The van der Waals surface area contributed by atoms with Crippen molar-refractivity contribution >= 4 is 5.97 Å². The largest absolute Gasteiger partial charge is 0.497 e. The lowest BCUT2D eigenvalue weighted by Crippen LogP contribution is -2.29. The topological polar surface area (TPSA) is 67.8 Å². The van der Waals surface area contributed by atoms with Gasteiger partial charge in [-0.1, -0.05) is 13.8 Å². The first-order valence-corrected chi connectivity index (χ1v) is 7.12. The molecule has 0 heterocycles. The molecule has 5 nitrogen and oxygen atoms in total. The first-order valence-electron chi connectivity index (χ1n) is 7.12. The lowest BCUT2D eigenvalue weighted by Gasteiger charge is -2.16. The molecule has 0 fully saturated rings. The number of carboxylic acids is 1. The standard InChI is InChI=1S/C16H25NO4/c1-11(2)7-13(16(18)19)10-17-9-12-8-14(20-3)5-6-15(12)21-4/h5-6,8,11,13,17H,7,9-10H2,1-4H3,(H,18,19). The third kappa shape index (κ3) is 5.63. The molecule has 0 aliphatic carbocycles. The molecule has 0 aliphatic rings. The summed E-state index contributed by atoms with van der Waals surface area (Å²) in [5, 5.41) is 12.4. The van der Waals surface area contributed by atoms with Crippen molar-refractivity contribution in [3.63, 3.8) is 0 Å². The molecule has 0 saturated heterocycles. The van der Waals surface area contributed by atoms with Gasteiger partial charge in [-0.2, -0.15) is 0 Å². The molecule has 0 aromatic heterocycles. The summed E-state index contributed by atoms with van der Waals surface area (Å²) in [6.07, 6.45) is 0.664. The molecule has 1 atom stereocenters. The summed E-state index contributed by atoms with van der Waals surface area (Å²) in [6.45, 7) is 5.04. The molecule has 0 spiro atoms. The third-order valence-electron chi connectivity index (χ3n) is 3.30. The molecular formula is C16H25NO4. The number of carbonyl (C=O) groups is 1. The Morgan fingerprint density at radius 3 is 2.52 bits per heavy atom. The van der Waals surface area contributed by atoms with Crippen LogP contribution in [0.2, 0.25) is 0 Å². The minimum Gasteiger partial charge on any atom is -0.497 e. The van der Waals surface area contributed by atoms with Crippen LogP contribution in [-0.4, -0.2) is 31.8 Å². The zero-order valence-electron chi connectivity index (χ0n) is 13.2. The number of aliphatic carboxylic acids is 1. The maximum absolute atomic E-state index is 11.2. The number of hydrogen-bond donors (Lipinski definition) is 2. The summed E-state index contributed by atoms with van der Waals surface area (Å²) in [5.41, 5.74) is 0.950. The highest BCUT2D eigenvalue weighted by atomic mass is 16.5. The summed E-state index contributed by atoms with van der Waals surface area (Å²) >= 11 is 0. The van der Waals surface area contributed by atoms with E-state index < -0.39 is 5.97 Å². The van der Waals surface area contributed by atoms with E-state index in [4.69, 9.17) is 9.47 Å². The van der Waals surface area contributed by atoms with E-state index in [-0.39, 0.29) is 5.92 Å². The zero-order valence-corrected chi connectivity index (χ0v) is 13.2. The third-order valence-corrected chi connectivity index (χ3v) is 3.30. The van der Waals surface area contributed by atoms with Gasteiger partial charge in [0, 0.05) is 18.7 Å². The van der Waals surface area contributed by atoms with E-state index in [1.807, 2.05) is 32.0 Å². The maximum Gasteiger partial charge on any atom is 0.307 e. The van der Waals surface area contributed by atoms with Gasteiger partial charge in [-0.05, 0) is 30.5 Å². The predicted octanol–water partition coefficient (Wildman–Crippen LogP) is 2.54. The number of ether oxygens (including phenoxy) is 2. The van der Waals surface area contributed by atoms with E-state index in [0.29, 0.717) is 25.4 Å². The highest BCUT2D eigenvalue weighted by Gasteiger charge is 2.18. The van der Waals surface area contributed by atoms with E-state index in [2.05, 4.69) is 5.32 Å². The smallest absolute Gasteiger partial charge is 0.307 e. The molecule has 0 bridgehead atoms. The zero-order chi connectivity index (χ0) is 15.8. The van der Waals surface area contributed by atoms with Gasteiger partial charge in [0.05, 0.1) is 20.1 Å². The minimum atomic E-state index is -0.756. The molecule has 1 unspecified atom stereocenters. The fraction of sp³-hybridized carbons (Fsp3) is 0.562. The molecule has 0 radical (unpaired) electrons. The van der Waals surface area contributed by atoms with Crippen molar-refractivity contribution in [3.8, 4) is 11.5 Å². The predicted molar refractivity (Wildman–Crippen MR) is 81.8 cm³/mol. The summed E-state index contributed by atoms with van der Waals surface area (Å²) in [6, 6.07) is 5.57. The maximum atomic E-state index is 11.2. The minimum absolute atomic E-state index is 0.360. The number of carboxylic acid groups (broad SMARTS) is 1. The Balaban J connectivity index is 2.63. The molecule has 1 rings (SSSR count). The number of nitrogens with one attached hydrogen (secondary N) is 1. The Kier molecular flexibility index (Phi) is 7.02. The normalized spacial score (nSPS) is 12.2. The molecule has 1 aromatic rings. The molecule has 0 amide bonds. The van der Waals surface area contributed by atoms with Gasteiger partial charge in [-0.15, -0.1) is 0 Å². The van der Waals surface area contributed by atoms with Crippen LogP contribution in [0, 0.1) is 11.8 Å². The van der Waals surface area contributed by atoms with Crippen molar-refractivity contribution in [1.29, 1.82) is 0 Å². The van der Waals surface area contributed by atoms with Crippen molar-refractivity contribution in [2.24, 2.45) is 11.8 Å². The lowest BCUT2D eigenvalue weighted by atomic mass is 9.97. The van der Waals surface area contributed by atoms with Crippen LogP contribution in [-0.2, 0) is 11.3 Å². The second-order valence-electron chi connectivity index (χ2n) is 5.47. The van der Waals surface area contributed by atoms with Crippen LogP contribution < -0.4 is 14.8 Å². The SMILES string of the molecule is COc1ccc(OC)c(CNCC(CC(C)C)C(=O)O)c1. The highest BCUT2D eigenvalue weighted by Crippen LogP contribution is 2.23. The van der Waals surface area contributed by atoms with Gasteiger partial charge >= 0.3 is 5.97 Å². The van der Waals surface area contributed by atoms with Crippen molar-refractivity contribution in [2.75, 3.05) is 20.8 Å². The molecule has 2 N–H and O–H groups in total.